The molecule has 0 heterocycles. The summed E-state index contributed by atoms with van der Waals surface area (Å²) in [6.07, 6.45) is -10.2. The molecule has 1 aromatic carbocycles. The topological polar surface area (TPSA) is 29.5 Å². The first-order chi connectivity index (χ1) is 10.4. The molecule has 0 aliphatic carbocycles. The molecule has 1 aromatic rings. The van der Waals surface area contributed by atoms with E-state index in [4.69, 9.17) is 4.74 Å². The zero-order chi connectivity index (χ0) is 17.9. The summed E-state index contributed by atoms with van der Waals surface area (Å²) in [5.41, 5.74) is -0.279. The predicted molar refractivity (Wildman–Crippen MR) is 67.8 cm³/mol. The van der Waals surface area contributed by atoms with Crippen LogP contribution in [0.25, 0.3) is 0 Å². The third kappa shape index (κ3) is 4.27. The smallest absolute Gasteiger partial charge is 0.459 e. The van der Waals surface area contributed by atoms with Gasteiger partial charge in [-0.1, -0.05) is 25.1 Å². The molecule has 0 amide bonds. The van der Waals surface area contributed by atoms with Crippen LogP contribution < -0.4 is 4.74 Å². The molecule has 9 heteroatoms. The highest BCUT2D eigenvalue weighted by Gasteiger charge is 2.72. The Balaban J connectivity index is 3.01. The highest BCUT2D eigenvalue weighted by Crippen LogP contribution is 2.50. The molecule has 0 aromatic heterocycles. The average molecular weight is 348 g/mol. The maximum atomic E-state index is 13.3. The molecule has 0 saturated carbocycles. The average Bonchev–Trinajstić information content (AvgIpc) is 2.43. The van der Waals surface area contributed by atoms with Crippen molar-refractivity contribution >= 4 is 0 Å². The Morgan fingerprint density at radius 3 is 2.13 bits per heavy atom. The number of aliphatic hydroxyl groups is 1. The van der Waals surface area contributed by atoms with Crippen LogP contribution in [0.5, 0.6) is 5.75 Å². The zero-order valence-corrected chi connectivity index (χ0v) is 12.0. The van der Waals surface area contributed by atoms with Crippen molar-refractivity contribution in [2.45, 2.75) is 43.9 Å². The summed E-state index contributed by atoms with van der Waals surface area (Å²) in [7, 11) is 0. The minimum Gasteiger partial charge on any atom is -0.493 e. The Bertz CT molecular complexity index is 514. The number of hydrogen-bond acceptors (Lipinski definition) is 2. The zero-order valence-electron chi connectivity index (χ0n) is 12.0. The van der Waals surface area contributed by atoms with Crippen LogP contribution in [-0.4, -0.2) is 29.7 Å². The van der Waals surface area contributed by atoms with E-state index in [1.165, 1.54) is 18.2 Å². The lowest BCUT2D eigenvalue weighted by Crippen LogP contribution is -2.52. The molecule has 0 radical (unpaired) electrons. The molecule has 0 aliphatic rings. The Morgan fingerprint density at radius 1 is 1.04 bits per heavy atom. The molecule has 132 valence electrons. The van der Waals surface area contributed by atoms with E-state index in [-0.39, 0.29) is 17.9 Å². The van der Waals surface area contributed by atoms with Crippen LogP contribution in [0.3, 0.4) is 0 Å². The molecular weight excluding hydrogens is 333 g/mol. The molecule has 2 nitrogen and oxygen atoms in total. The Hall–Kier alpha value is -1.51. The number of ether oxygens (including phenoxy) is 1. The van der Waals surface area contributed by atoms with Crippen molar-refractivity contribution in [3.63, 3.8) is 0 Å². The van der Waals surface area contributed by atoms with Gasteiger partial charge < -0.3 is 9.84 Å². The van der Waals surface area contributed by atoms with Gasteiger partial charge in [-0.2, -0.15) is 30.7 Å². The number of para-hydroxylation sites is 1. The van der Waals surface area contributed by atoms with Crippen LogP contribution in [0.4, 0.5) is 30.7 Å². The number of benzene rings is 1. The summed E-state index contributed by atoms with van der Waals surface area (Å²) >= 11 is 0. The quantitative estimate of drug-likeness (QED) is 0.722. The Morgan fingerprint density at radius 2 is 1.61 bits per heavy atom. The van der Waals surface area contributed by atoms with Gasteiger partial charge >= 0.3 is 18.0 Å². The van der Waals surface area contributed by atoms with Gasteiger partial charge in [0.05, 0.1) is 12.7 Å². The van der Waals surface area contributed by atoms with Gasteiger partial charge in [0.2, 0.25) is 0 Å². The highest BCUT2D eigenvalue weighted by molar-refractivity contribution is 5.35. The number of rotatable bonds is 7. The predicted octanol–water partition coefficient (Wildman–Crippen LogP) is 4.73. The first-order valence-corrected chi connectivity index (χ1v) is 6.66. The van der Waals surface area contributed by atoms with E-state index in [9.17, 15) is 35.8 Å². The van der Waals surface area contributed by atoms with Crippen molar-refractivity contribution in [2.24, 2.45) is 0 Å². The summed E-state index contributed by atoms with van der Waals surface area (Å²) in [4.78, 5) is 0. The van der Waals surface area contributed by atoms with Gasteiger partial charge in [0.1, 0.15) is 5.75 Å². The van der Waals surface area contributed by atoms with E-state index in [1.807, 2.05) is 0 Å². The molecule has 0 fully saturated rings. The summed E-state index contributed by atoms with van der Waals surface area (Å²) in [6.45, 7) is 1.91. The lowest BCUT2D eigenvalue weighted by molar-refractivity contribution is -0.358. The lowest BCUT2D eigenvalue weighted by Gasteiger charge is -2.30. The molecule has 1 rings (SSSR count). The second kappa shape index (κ2) is 6.94. The molecule has 23 heavy (non-hydrogen) atoms. The van der Waals surface area contributed by atoms with Crippen molar-refractivity contribution in [1.82, 2.24) is 0 Å². The maximum Gasteiger partial charge on any atom is 0.459 e. The van der Waals surface area contributed by atoms with Gasteiger partial charge in [-0.05, 0) is 12.5 Å². The molecule has 0 spiro atoms. The van der Waals surface area contributed by atoms with Crippen LogP contribution in [0.1, 0.15) is 31.4 Å². The third-order valence-corrected chi connectivity index (χ3v) is 3.00. The van der Waals surface area contributed by atoms with Crippen molar-refractivity contribution in [3.8, 4) is 5.75 Å². The molecular formula is C14H15F7O2. The van der Waals surface area contributed by atoms with Gasteiger partial charge in [-0.15, -0.1) is 0 Å². The second-order valence-electron chi connectivity index (χ2n) is 4.88. The molecule has 0 bridgehead atoms. The Labute approximate surface area is 127 Å². The van der Waals surface area contributed by atoms with Crippen LogP contribution in [0.15, 0.2) is 24.3 Å². The van der Waals surface area contributed by atoms with Gasteiger partial charge in [0.15, 0.2) is 0 Å². The highest BCUT2D eigenvalue weighted by atomic mass is 19.4. The van der Waals surface area contributed by atoms with Gasteiger partial charge in [0.25, 0.3) is 0 Å². The van der Waals surface area contributed by atoms with Gasteiger partial charge in [-0.3, -0.25) is 0 Å². The van der Waals surface area contributed by atoms with Crippen LogP contribution in [-0.2, 0) is 0 Å². The number of alkyl halides is 7. The second-order valence-corrected chi connectivity index (χ2v) is 4.88. The molecule has 1 unspecified atom stereocenters. The minimum absolute atomic E-state index is 0.0482. The van der Waals surface area contributed by atoms with Crippen molar-refractivity contribution in [2.75, 3.05) is 6.61 Å². The van der Waals surface area contributed by atoms with Crippen molar-refractivity contribution < 1.29 is 40.6 Å². The van der Waals surface area contributed by atoms with Crippen LogP contribution >= 0.6 is 0 Å². The van der Waals surface area contributed by atoms with Crippen molar-refractivity contribution in [1.29, 1.82) is 0 Å². The first kappa shape index (κ1) is 19.5. The molecule has 1 N–H and O–H groups in total. The fourth-order valence-electron chi connectivity index (χ4n) is 1.79. The van der Waals surface area contributed by atoms with Crippen molar-refractivity contribution in [3.05, 3.63) is 29.8 Å². The molecule has 1 atom stereocenters. The summed E-state index contributed by atoms with van der Waals surface area (Å²) in [5, 5.41) is 9.70. The molecule has 0 aliphatic heterocycles. The fourth-order valence-corrected chi connectivity index (χ4v) is 1.79. The third-order valence-electron chi connectivity index (χ3n) is 3.00. The largest absolute Gasteiger partial charge is 0.493 e. The first-order valence-electron chi connectivity index (χ1n) is 6.66. The normalized spacial score (nSPS) is 14.7. The van der Waals surface area contributed by atoms with Crippen LogP contribution in [0, 0.1) is 0 Å². The van der Waals surface area contributed by atoms with E-state index in [1.54, 1.807) is 6.92 Å². The van der Waals surface area contributed by atoms with E-state index in [0.717, 1.165) is 6.07 Å². The number of hydrogen-bond donors (Lipinski definition) is 1. The maximum absolute atomic E-state index is 13.3. The standard InChI is InChI=1S/C14H15F7O2/c1-2-7-23-11-6-4-3-5-9(11)10(22)8-12(15,16)13(17,18)14(19,20)21/h3-6,10,22H,2,7-8H2,1H3. The summed E-state index contributed by atoms with van der Waals surface area (Å²) in [6, 6.07) is 5.19. The summed E-state index contributed by atoms with van der Waals surface area (Å²) in [5.74, 6) is -11.8. The van der Waals surface area contributed by atoms with E-state index < -0.39 is 30.5 Å². The van der Waals surface area contributed by atoms with Crippen LogP contribution in [0.2, 0.25) is 0 Å². The monoisotopic (exact) mass is 348 g/mol. The number of aliphatic hydroxyl groups excluding tert-OH is 1. The lowest BCUT2D eigenvalue weighted by atomic mass is 9.98. The van der Waals surface area contributed by atoms with E-state index in [0.29, 0.717) is 6.42 Å². The minimum atomic E-state index is -6.42. The molecule has 0 saturated heterocycles. The summed E-state index contributed by atoms with van der Waals surface area (Å²) < 4.78 is 93.9. The van der Waals surface area contributed by atoms with Gasteiger partial charge in [0, 0.05) is 12.0 Å². The fraction of sp³-hybridized carbons (Fsp3) is 0.571. The Kier molecular flexibility index (Phi) is 5.89. The van der Waals surface area contributed by atoms with E-state index in [2.05, 4.69) is 0 Å². The van der Waals surface area contributed by atoms with E-state index >= 15 is 0 Å². The SMILES string of the molecule is CCCOc1ccccc1C(O)CC(F)(F)C(F)(F)C(F)(F)F. The number of halogens is 7. The van der Waals surface area contributed by atoms with Gasteiger partial charge in [-0.25, -0.2) is 0 Å².